The van der Waals surface area contributed by atoms with Gasteiger partial charge in [0.15, 0.2) is 0 Å². The first-order valence-electron chi connectivity index (χ1n) is 9.91. The largest absolute Gasteiger partial charge is 0.465 e. The van der Waals surface area contributed by atoms with Crippen molar-refractivity contribution >= 4 is 39.2 Å². The average Bonchev–Trinajstić information content (AvgIpc) is 2.74. The lowest BCUT2D eigenvalue weighted by atomic mass is 9.97. The van der Waals surface area contributed by atoms with Crippen molar-refractivity contribution in [3.05, 3.63) is 64.2 Å². The number of hydrogen-bond acceptors (Lipinski definition) is 5. The van der Waals surface area contributed by atoms with Crippen molar-refractivity contribution in [3.8, 4) is 0 Å². The van der Waals surface area contributed by atoms with Gasteiger partial charge < -0.3 is 10.1 Å². The highest BCUT2D eigenvalue weighted by atomic mass is 35.5. The minimum atomic E-state index is -3.45. The minimum Gasteiger partial charge on any atom is -0.465 e. The smallest absolute Gasteiger partial charge is 0.339 e. The number of amides is 1. The quantitative estimate of drug-likeness (QED) is 0.659. The van der Waals surface area contributed by atoms with Crippen LogP contribution in [0.3, 0.4) is 0 Å². The molecule has 31 heavy (non-hydrogen) atoms. The van der Waals surface area contributed by atoms with E-state index in [2.05, 4.69) is 10.1 Å². The number of methoxy groups -OCH3 is 1. The van der Waals surface area contributed by atoms with Crippen LogP contribution in [0, 0.1) is 12.8 Å². The minimum absolute atomic E-state index is 0.0490. The van der Waals surface area contributed by atoms with Gasteiger partial charge in [0.1, 0.15) is 0 Å². The molecule has 0 spiro atoms. The molecule has 1 N–H and O–H groups in total. The van der Waals surface area contributed by atoms with Crippen molar-refractivity contribution in [1.82, 2.24) is 4.31 Å². The molecule has 0 saturated carbocycles. The summed E-state index contributed by atoms with van der Waals surface area (Å²) in [5.41, 5.74) is 2.37. The summed E-state index contributed by atoms with van der Waals surface area (Å²) in [4.78, 5) is 24.4. The standard InChI is InChI=1S/C22H25ClN2O5S/c1-15-4-3-5-16(12-15)14-31(28,29)25-10-8-17(9-11-25)21(26)24-18-6-7-20(23)19(13-18)22(27)30-2/h3-7,12-13,17H,8-11,14H2,1-2H3,(H,24,26). The summed E-state index contributed by atoms with van der Waals surface area (Å²) >= 11 is 6.00. The Kier molecular flexibility index (Phi) is 7.35. The fourth-order valence-electron chi connectivity index (χ4n) is 3.61. The van der Waals surface area contributed by atoms with E-state index in [1.54, 1.807) is 12.1 Å². The number of nitrogens with zero attached hydrogens (tertiary/aromatic N) is 1. The number of piperidine rings is 1. The first kappa shape index (κ1) is 23.2. The van der Waals surface area contributed by atoms with Gasteiger partial charge in [-0.3, -0.25) is 4.79 Å². The zero-order valence-electron chi connectivity index (χ0n) is 17.4. The Hall–Kier alpha value is -2.42. The van der Waals surface area contributed by atoms with Crippen LogP contribution < -0.4 is 5.32 Å². The van der Waals surface area contributed by atoms with E-state index in [-0.39, 0.29) is 28.2 Å². The van der Waals surface area contributed by atoms with Crippen LogP contribution in [0.5, 0.6) is 0 Å². The third-order valence-corrected chi connectivity index (χ3v) is 7.47. The normalized spacial score (nSPS) is 15.5. The number of aryl methyl sites for hydroxylation is 1. The van der Waals surface area contributed by atoms with Gasteiger partial charge in [-0.2, -0.15) is 0 Å². The van der Waals surface area contributed by atoms with E-state index in [1.807, 2.05) is 25.1 Å². The Morgan fingerprint density at radius 1 is 1.16 bits per heavy atom. The molecular weight excluding hydrogens is 440 g/mol. The fraction of sp³-hybridized carbons (Fsp3) is 0.364. The number of anilines is 1. The highest BCUT2D eigenvalue weighted by Gasteiger charge is 2.31. The topological polar surface area (TPSA) is 92.8 Å². The van der Waals surface area contributed by atoms with Gasteiger partial charge >= 0.3 is 5.97 Å². The lowest BCUT2D eigenvalue weighted by molar-refractivity contribution is -0.120. The number of carbonyl (C=O) groups is 2. The van der Waals surface area contributed by atoms with Gasteiger partial charge in [0.2, 0.25) is 15.9 Å². The number of rotatable bonds is 6. The van der Waals surface area contributed by atoms with Crippen LogP contribution in [0.15, 0.2) is 42.5 Å². The van der Waals surface area contributed by atoms with Gasteiger partial charge in [-0.1, -0.05) is 41.4 Å². The van der Waals surface area contributed by atoms with Crippen molar-refractivity contribution in [1.29, 1.82) is 0 Å². The summed E-state index contributed by atoms with van der Waals surface area (Å²) < 4.78 is 31.7. The molecule has 1 fully saturated rings. The van der Waals surface area contributed by atoms with E-state index in [4.69, 9.17) is 11.6 Å². The molecule has 3 rings (SSSR count). The molecule has 0 aliphatic carbocycles. The number of esters is 1. The second-order valence-corrected chi connectivity index (χ2v) is 9.97. The number of carbonyl (C=O) groups excluding carboxylic acids is 2. The van der Waals surface area contributed by atoms with E-state index in [9.17, 15) is 18.0 Å². The molecule has 0 aromatic heterocycles. The molecule has 0 atom stereocenters. The SMILES string of the molecule is COC(=O)c1cc(NC(=O)C2CCN(S(=O)(=O)Cc3cccc(C)c3)CC2)ccc1Cl. The number of ether oxygens (including phenoxy) is 1. The molecule has 7 nitrogen and oxygen atoms in total. The Bertz CT molecular complexity index is 1080. The number of sulfonamides is 1. The van der Waals surface area contributed by atoms with Gasteiger partial charge in [0, 0.05) is 24.7 Å². The third-order valence-electron chi connectivity index (χ3n) is 5.29. The van der Waals surface area contributed by atoms with Gasteiger partial charge in [0.05, 0.1) is 23.4 Å². The zero-order valence-corrected chi connectivity index (χ0v) is 19.0. The number of nitrogens with one attached hydrogen (secondary N) is 1. The maximum Gasteiger partial charge on any atom is 0.339 e. The maximum atomic E-state index is 12.8. The summed E-state index contributed by atoms with van der Waals surface area (Å²) in [5, 5.41) is 3.02. The van der Waals surface area contributed by atoms with Crippen LogP contribution in [0.1, 0.15) is 34.3 Å². The summed E-state index contributed by atoms with van der Waals surface area (Å²) in [7, 11) is -2.19. The lowest BCUT2D eigenvalue weighted by Crippen LogP contribution is -2.41. The van der Waals surface area contributed by atoms with E-state index < -0.39 is 16.0 Å². The fourth-order valence-corrected chi connectivity index (χ4v) is 5.36. The van der Waals surface area contributed by atoms with Gasteiger partial charge in [-0.15, -0.1) is 0 Å². The molecule has 1 heterocycles. The maximum absolute atomic E-state index is 12.8. The zero-order chi connectivity index (χ0) is 22.6. The predicted octanol–water partition coefficient (Wildman–Crippen LogP) is 3.62. The molecular formula is C22H25ClN2O5S. The molecule has 9 heteroatoms. The van der Waals surface area contributed by atoms with Crippen LogP contribution in [0.4, 0.5) is 5.69 Å². The monoisotopic (exact) mass is 464 g/mol. The number of halogens is 1. The Balaban J connectivity index is 1.59. The number of benzene rings is 2. The molecule has 2 aromatic rings. The van der Waals surface area contributed by atoms with E-state index in [0.717, 1.165) is 11.1 Å². The second-order valence-electron chi connectivity index (χ2n) is 7.59. The van der Waals surface area contributed by atoms with Crippen LogP contribution in [0.2, 0.25) is 5.02 Å². The molecule has 1 amide bonds. The summed E-state index contributed by atoms with van der Waals surface area (Å²) in [6.45, 7) is 2.51. The first-order valence-corrected chi connectivity index (χ1v) is 11.9. The Morgan fingerprint density at radius 3 is 2.52 bits per heavy atom. The van der Waals surface area contributed by atoms with E-state index >= 15 is 0 Å². The van der Waals surface area contributed by atoms with E-state index in [1.165, 1.54) is 23.5 Å². The van der Waals surface area contributed by atoms with Crippen molar-refractivity contribution in [2.75, 3.05) is 25.5 Å². The van der Waals surface area contributed by atoms with Crippen molar-refractivity contribution in [2.45, 2.75) is 25.5 Å². The number of hydrogen-bond donors (Lipinski definition) is 1. The summed E-state index contributed by atoms with van der Waals surface area (Å²) in [5.74, 6) is -1.17. The second kappa shape index (κ2) is 9.80. The molecule has 0 bridgehead atoms. The van der Waals surface area contributed by atoms with Crippen LogP contribution >= 0.6 is 11.6 Å². The highest BCUT2D eigenvalue weighted by Crippen LogP contribution is 2.25. The van der Waals surface area contributed by atoms with Gasteiger partial charge in [-0.25, -0.2) is 17.5 Å². The lowest BCUT2D eigenvalue weighted by Gasteiger charge is -2.30. The summed E-state index contributed by atoms with van der Waals surface area (Å²) in [6.07, 6.45) is 0.854. The van der Waals surface area contributed by atoms with Crippen molar-refractivity contribution < 1.29 is 22.7 Å². The molecule has 1 aliphatic rings. The first-order chi connectivity index (χ1) is 14.7. The van der Waals surface area contributed by atoms with Crippen LogP contribution in [0.25, 0.3) is 0 Å². The third kappa shape index (κ3) is 5.84. The Morgan fingerprint density at radius 2 is 1.87 bits per heavy atom. The van der Waals surface area contributed by atoms with Crippen molar-refractivity contribution in [3.63, 3.8) is 0 Å². The molecule has 1 saturated heterocycles. The van der Waals surface area contributed by atoms with Crippen LogP contribution in [-0.2, 0) is 25.3 Å². The average molecular weight is 465 g/mol. The highest BCUT2D eigenvalue weighted by molar-refractivity contribution is 7.88. The van der Waals surface area contributed by atoms with E-state index in [0.29, 0.717) is 31.6 Å². The van der Waals surface area contributed by atoms with Crippen LogP contribution in [-0.4, -0.2) is 44.8 Å². The van der Waals surface area contributed by atoms with Gasteiger partial charge in [0.25, 0.3) is 0 Å². The molecule has 0 unspecified atom stereocenters. The van der Waals surface area contributed by atoms with Gasteiger partial charge in [-0.05, 0) is 43.5 Å². The van der Waals surface area contributed by atoms with Crippen molar-refractivity contribution in [2.24, 2.45) is 5.92 Å². The predicted molar refractivity (Wildman–Crippen MR) is 120 cm³/mol. The molecule has 2 aromatic carbocycles. The Labute approximate surface area is 187 Å². The molecule has 1 aliphatic heterocycles. The summed E-state index contributed by atoms with van der Waals surface area (Å²) in [6, 6.07) is 12.0. The molecule has 166 valence electrons. The molecule has 0 radical (unpaired) electrons.